The van der Waals surface area contributed by atoms with E-state index in [-0.39, 0.29) is 5.78 Å². The summed E-state index contributed by atoms with van der Waals surface area (Å²) in [7, 11) is 4.05. The molecule has 0 bridgehead atoms. The molecule has 0 saturated carbocycles. The predicted octanol–water partition coefficient (Wildman–Crippen LogP) is 3.22. The Bertz CT molecular complexity index is 607. The summed E-state index contributed by atoms with van der Waals surface area (Å²) in [6, 6.07) is 6.11. The fraction of sp³-hybridized carbons (Fsp3) is 0.250. The molecule has 0 heterocycles. The molecule has 98 valence electrons. The van der Waals surface area contributed by atoms with Gasteiger partial charge in [-0.15, -0.1) is 0 Å². The van der Waals surface area contributed by atoms with Crippen LogP contribution in [-0.2, 0) is 4.79 Å². The summed E-state index contributed by atoms with van der Waals surface area (Å²) >= 11 is 0. The van der Waals surface area contributed by atoms with Crippen molar-refractivity contribution in [2.75, 3.05) is 19.0 Å². The maximum atomic E-state index is 11.2. The van der Waals surface area contributed by atoms with Gasteiger partial charge in [0, 0.05) is 19.8 Å². The molecule has 1 aromatic rings. The van der Waals surface area contributed by atoms with Gasteiger partial charge >= 0.3 is 0 Å². The minimum Gasteiger partial charge on any atom is -0.377 e. The summed E-state index contributed by atoms with van der Waals surface area (Å²) < 4.78 is 0. The molecule has 3 heteroatoms. The highest BCUT2D eigenvalue weighted by Crippen LogP contribution is 2.24. The first-order valence-corrected chi connectivity index (χ1v) is 6.25. The summed E-state index contributed by atoms with van der Waals surface area (Å²) in [5, 5.41) is 0. The van der Waals surface area contributed by atoms with Crippen molar-refractivity contribution < 1.29 is 4.79 Å². The van der Waals surface area contributed by atoms with Gasteiger partial charge in [-0.3, -0.25) is 4.79 Å². The molecule has 0 radical (unpaired) electrons. The van der Waals surface area contributed by atoms with Gasteiger partial charge in [-0.1, -0.05) is 0 Å². The van der Waals surface area contributed by atoms with Crippen LogP contribution in [0.2, 0.25) is 0 Å². The van der Waals surface area contributed by atoms with Crippen LogP contribution in [0.3, 0.4) is 0 Å². The minimum absolute atomic E-state index is 0.0237. The third-order valence-electron chi connectivity index (χ3n) is 3.08. The molecular formula is C16H18N2O. The third kappa shape index (κ3) is 2.99. The Morgan fingerprint density at radius 3 is 2.42 bits per heavy atom. The van der Waals surface area contributed by atoms with E-state index in [1.807, 2.05) is 27.1 Å². The average Bonchev–Trinajstić information content (AvgIpc) is 2.32. The van der Waals surface area contributed by atoms with Crippen molar-refractivity contribution in [2.24, 2.45) is 4.99 Å². The average molecular weight is 254 g/mol. The van der Waals surface area contributed by atoms with Crippen LogP contribution in [0.4, 0.5) is 11.4 Å². The number of carbonyl (C=O) groups excluding carboxylic acids is 1. The lowest BCUT2D eigenvalue weighted by Gasteiger charge is -2.15. The van der Waals surface area contributed by atoms with Crippen molar-refractivity contribution in [3.63, 3.8) is 0 Å². The molecule has 0 aliphatic heterocycles. The number of rotatable bonds is 2. The molecule has 0 aromatic heterocycles. The van der Waals surface area contributed by atoms with E-state index in [1.54, 1.807) is 18.2 Å². The zero-order valence-electron chi connectivity index (χ0n) is 11.8. The topological polar surface area (TPSA) is 32.7 Å². The number of aryl methyl sites for hydroxylation is 1. The van der Waals surface area contributed by atoms with Crippen molar-refractivity contribution in [1.29, 1.82) is 0 Å². The van der Waals surface area contributed by atoms with Crippen LogP contribution in [0.1, 0.15) is 12.5 Å². The fourth-order valence-electron chi connectivity index (χ4n) is 2.10. The van der Waals surface area contributed by atoms with Crippen molar-refractivity contribution in [3.8, 4) is 0 Å². The van der Waals surface area contributed by atoms with Gasteiger partial charge in [0.1, 0.15) is 0 Å². The second-order valence-corrected chi connectivity index (χ2v) is 4.93. The monoisotopic (exact) mass is 254 g/mol. The van der Waals surface area contributed by atoms with E-state index < -0.39 is 0 Å². The number of benzene rings is 1. The van der Waals surface area contributed by atoms with Crippen LogP contribution >= 0.6 is 0 Å². The Kier molecular flexibility index (Phi) is 3.65. The smallest absolute Gasteiger partial charge is 0.179 e. The van der Waals surface area contributed by atoms with Gasteiger partial charge < -0.3 is 4.90 Å². The molecule has 0 saturated heterocycles. The number of carbonyl (C=O) groups is 1. The zero-order valence-corrected chi connectivity index (χ0v) is 11.8. The van der Waals surface area contributed by atoms with Gasteiger partial charge in [-0.05, 0) is 61.4 Å². The van der Waals surface area contributed by atoms with Gasteiger partial charge in [-0.25, -0.2) is 4.99 Å². The Hall–Kier alpha value is -2.16. The summed E-state index contributed by atoms with van der Waals surface area (Å²) in [5.74, 6) is 0.0237. The molecule has 0 amide bonds. The predicted molar refractivity (Wildman–Crippen MR) is 80.5 cm³/mol. The summed E-state index contributed by atoms with van der Waals surface area (Å²) in [6.45, 7) is 3.98. The Balaban J connectivity index is 2.34. The lowest BCUT2D eigenvalue weighted by molar-refractivity contribution is -0.110. The van der Waals surface area contributed by atoms with Crippen LogP contribution in [0, 0.1) is 6.92 Å². The number of hydrogen-bond acceptors (Lipinski definition) is 3. The molecule has 0 fully saturated rings. The van der Waals surface area contributed by atoms with Gasteiger partial charge in [-0.2, -0.15) is 0 Å². The number of aliphatic imine (C=N–C) groups is 1. The Labute approximate surface area is 114 Å². The van der Waals surface area contributed by atoms with Gasteiger partial charge in [0.15, 0.2) is 5.78 Å². The second kappa shape index (κ2) is 5.22. The molecule has 1 aliphatic rings. The van der Waals surface area contributed by atoms with Gasteiger partial charge in [0.25, 0.3) is 0 Å². The largest absolute Gasteiger partial charge is 0.377 e. The van der Waals surface area contributed by atoms with Crippen LogP contribution < -0.4 is 4.90 Å². The highest BCUT2D eigenvalue weighted by atomic mass is 16.1. The molecule has 3 nitrogen and oxygen atoms in total. The van der Waals surface area contributed by atoms with Gasteiger partial charge in [0.05, 0.1) is 11.4 Å². The van der Waals surface area contributed by atoms with Crippen LogP contribution in [0.5, 0.6) is 0 Å². The Morgan fingerprint density at radius 1 is 1.11 bits per heavy atom. The zero-order chi connectivity index (χ0) is 14.0. The van der Waals surface area contributed by atoms with E-state index in [1.165, 1.54) is 11.3 Å². The molecular weight excluding hydrogens is 236 g/mol. The fourth-order valence-corrected chi connectivity index (χ4v) is 2.10. The van der Waals surface area contributed by atoms with Crippen LogP contribution in [0.15, 0.2) is 47.0 Å². The third-order valence-corrected chi connectivity index (χ3v) is 3.08. The molecule has 0 spiro atoms. The van der Waals surface area contributed by atoms with E-state index in [9.17, 15) is 4.79 Å². The summed E-state index contributed by atoms with van der Waals surface area (Å²) in [6.07, 6.45) is 4.93. The highest BCUT2D eigenvalue weighted by molar-refractivity contribution is 6.19. The number of allylic oxidation sites excluding steroid dienone is 4. The molecule has 0 atom stereocenters. The van der Waals surface area contributed by atoms with E-state index in [2.05, 4.69) is 28.9 Å². The molecule has 2 rings (SSSR count). The van der Waals surface area contributed by atoms with E-state index >= 15 is 0 Å². The van der Waals surface area contributed by atoms with E-state index in [4.69, 9.17) is 0 Å². The first kappa shape index (κ1) is 13.3. The first-order valence-electron chi connectivity index (χ1n) is 6.25. The summed E-state index contributed by atoms with van der Waals surface area (Å²) in [5.41, 5.74) is 5.03. The number of ketones is 1. The lowest BCUT2D eigenvalue weighted by Crippen LogP contribution is -2.09. The van der Waals surface area contributed by atoms with Gasteiger partial charge in [0.2, 0.25) is 0 Å². The first-order chi connectivity index (χ1) is 8.97. The quantitative estimate of drug-likeness (QED) is 0.759. The van der Waals surface area contributed by atoms with Crippen molar-refractivity contribution in [1.82, 2.24) is 0 Å². The van der Waals surface area contributed by atoms with Crippen molar-refractivity contribution in [3.05, 3.63) is 47.6 Å². The summed E-state index contributed by atoms with van der Waals surface area (Å²) in [4.78, 5) is 17.9. The van der Waals surface area contributed by atoms with Crippen LogP contribution in [-0.4, -0.2) is 25.6 Å². The number of nitrogens with zero attached hydrogens (tertiary/aromatic N) is 2. The maximum absolute atomic E-state index is 11.2. The van der Waals surface area contributed by atoms with E-state index in [0.717, 1.165) is 17.0 Å². The SMILES string of the molecule is CC1=CC(=O)C=CC1=Nc1ccc(N(C)C)c(C)c1. The second-order valence-electron chi connectivity index (χ2n) is 4.93. The van der Waals surface area contributed by atoms with Crippen LogP contribution in [0.25, 0.3) is 0 Å². The molecule has 1 aromatic carbocycles. The molecule has 1 aliphatic carbocycles. The van der Waals surface area contributed by atoms with E-state index in [0.29, 0.717) is 0 Å². The molecule has 0 N–H and O–H groups in total. The minimum atomic E-state index is 0.0237. The number of hydrogen-bond donors (Lipinski definition) is 0. The molecule has 0 unspecified atom stereocenters. The highest BCUT2D eigenvalue weighted by Gasteiger charge is 2.08. The maximum Gasteiger partial charge on any atom is 0.179 e. The van der Waals surface area contributed by atoms with Crippen molar-refractivity contribution in [2.45, 2.75) is 13.8 Å². The number of anilines is 1. The Morgan fingerprint density at radius 2 is 1.84 bits per heavy atom. The molecule has 19 heavy (non-hydrogen) atoms. The van der Waals surface area contributed by atoms with Crippen molar-refractivity contribution >= 4 is 22.9 Å². The normalized spacial score (nSPS) is 16.7. The lowest BCUT2D eigenvalue weighted by atomic mass is 10.0. The standard InChI is InChI=1S/C16H18N2O/c1-11-10-14(19)6-7-15(11)17-13-5-8-16(18(3)4)12(2)9-13/h5-10H,1-4H3.